The highest BCUT2D eigenvalue weighted by Crippen LogP contribution is 2.21. The van der Waals surface area contributed by atoms with E-state index in [9.17, 15) is 19.2 Å². The molecule has 0 aromatic rings. The van der Waals surface area contributed by atoms with E-state index in [1.54, 1.807) is 0 Å². The fourth-order valence-electron chi connectivity index (χ4n) is 2.72. The molecule has 0 radical (unpaired) electrons. The first kappa shape index (κ1) is 31.1. The molecule has 0 bridgehead atoms. The zero-order valence-corrected chi connectivity index (χ0v) is 22.4. The third kappa shape index (κ3) is 13.0. The molecule has 2 atom stereocenters. The summed E-state index contributed by atoms with van der Waals surface area (Å²) >= 11 is 5.42. The smallest absolute Gasteiger partial charge is 0.242 e. The minimum Gasteiger partial charge on any atom is -0.378 e. The summed E-state index contributed by atoms with van der Waals surface area (Å²) in [6, 6.07) is 0. The Hall–Kier alpha value is -0.910. The quantitative estimate of drug-likeness (QED) is 0.148. The molecule has 0 saturated heterocycles. The van der Waals surface area contributed by atoms with E-state index in [2.05, 4.69) is 22.3 Å². The summed E-state index contributed by atoms with van der Waals surface area (Å²) in [7, 11) is 1.34. The highest BCUT2D eigenvalue weighted by Gasteiger charge is 2.28. The monoisotopic (exact) mass is 509 g/mol. The number of rotatable bonds is 18. The number of nitrogens with zero attached hydrogens (tertiary/aromatic N) is 1. The van der Waals surface area contributed by atoms with Crippen molar-refractivity contribution in [2.75, 3.05) is 38.2 Å². The normalized spacial score (nSPS) is 13.2. The first-order valence-electron chi connectivity index (χ1n) is 10.8. The molecule has 0 aliphatic carbocycles. The summed E-state index contributed by atoms with van der Waals surface area (Å²) in [5.74, 6) is 0.296. The second kappa shape index (κ2) is 17.6. The van der Waals surface area contributed by atoms with E-state index in [0.29, 0.717) is 51.0 Å². The standard InChI is InChI=1S/C21H39N3O5S3/c1-6-17(31-5)19(27)24(15-25)12-11-23-20(28)21(3,4)9-13-29-16(2)7-10-22-18(26)8-14-32-30/h15-17,30H,6-14H2,1-5H3,(H,22,26)(H,23,28). The number of hydrogen-bond acceptors (Lipinski definition) is 8. The molecule has 0 heterocycles. The highest BCUT2D eigenvalue weighted by atomic mass is 33.1. The second-order valence-electron chi connectivity index (χ2n) is 8.06. The molecule has 186 valence electrons. The van der Waals surface area contributed by atoms with Crippen LogP contribution in [0.4, 0.5) is 0 Å². The van der Waals surface area contributed by atoms with E-state index in [1.165, 1.54) is 22.6 Å². The molecular formula is C21H39N3O5S3. The van der Waals surface area contributed by atoms with Gasteiger partial charge >= 0.3 is 0 Å². The number of nitrogens with one attached hydrogen (secondary N) is 2. The Balaban J connectivity index is 4.24. The molecule has 0 aromatic carbocycles. The van der Waals surface area contributed by atoms with Gasteiger partial charge in [-0.2, -0.15) is 11.8 Å². The molecule has 0 aliphatic rings. The summed E-state index contributed by atoms with van der Waals surface area (Å²) in [5, 5.41) is 5.40. The van der Waals surface area contributed by atoms with Gasteiger partial charge in [0.25, 0.3) is 0 Å². The summed E-state index contributed by atoms with van der Waals surface area (Å²) in [6.45, 7) is 8.81. The highest BCUT2D eigenvalue weighted by molar-refractivity contribution is 8.68. The lowest BCUT2D eigenvalue weighted by Gasteiger charge is -2.25. The fourth-order valence-corrected chi connectivity index (χ4v) is 3.95. The Morgan fingerprint density at radius 2 is 1.91 bits per heavy atom. The van der Waals surface area contributed by atoms with Crippen molar-refractivity contribution in [3.63, 3.8) is 0 Å². The van der Waals surface area contributed by atoms with Crippen LogP contribution in [0.2, 0.25) is 0 Å². The van der Waals surface area contributed by atoms with Gasteiger partial charge in [0, 0.05) is 43.8 Å². The van der Waals surface area contributed by atoms with Crippen LogP contribution in [0.5, 0.6) is 0 Å². The van der Waals surface area contributed by atoms with E-state index in [-0.39, 0.29) is 42.2 Å². The van der Waals surface area contributed by atoms with Crippen molar-refractivity contribution < 1.29 is 23.9 Å². The number of ether oxygens (including phenoxy) is 1. The van der Waals surface area contributed by atoms with E-state index in [0.717, 1.165) is 4.90 Å². The average Bonchev–Trinajstić information content (AvgIpc) is 2.75. The van der Waals surface area contributed by atoms with Gasteiger partial charge < -0.3 is 15.4 Å². The maximum absolute atomic E-state index is 12.5. The van der Waals surface area contributed by atoms with E-state index in [4.69, 9.17) is 4.74 Å². The van der Waals surface area contributed by atoms with Crippen molar-refractivity contribution in [2.24, 2.45) is 5.41 Å². The number of carbonyl (C=O) groups is 4. The first-order chi connectivity index (χ1) is 15.1. The van der Waals surface area contributed by atoms with E-state index < -0.39 is 5.41 Å². The molecule has 0 spiro atoms. The molecule has 2 unspecified atom stereocenters. The van der Waals surface area contributed by atoms with E-state index in [1.807, 2.05) is 34.0 Å². The van der Waals surface area contributed by atoms with Crippen molar-refractivity contribution in [3.05, 3.63) is 0 Å². The predicted octanol–water partition coefficient (Wildman–Crippen LogP) is 2.52. The van der Waals surface area contributed by atoms with Crippen LogP contribution in [0, 0.1) is 5.41 Å². The van der Waals surface area contributed by atoms with Crippen molar-refractivity contribution in [1.29, 1.82) is 0 Å². The van der Waals surface area contributed by atoms with Crippen molar-refractivity contribution in [1.82, 2.24) is 15.5 Å². The third-order valence-corrected chi connectivity index (χ3v) is 7.06. The lowest BCUT2D eigenvalue weighted by molar-refractivity contribution is -0.138. The predicted molar refractivity (Wildman–Crippen MR) is 136 cm³/mol. The van der Waals surface area contributed by atoms with E-state index >= 15 is 0 Å². The summed E-state index contributed by atoms with van der Waals surface area (Å²) in [4.78, 5) is 48.8. The number of thiol groups is 1. The largest absolute Gasteiger partial charge is 0.378 e. The molecule has 32 heavy (non-hydrogen) atoms. The van der Waals surface area contributed by atoms with Crippen LogP contribution in [-0.4, -0.2) is 78.6 Å². The summed E-state index contributed by atoms with van der Waals surface area (Å²) in [5.41, 5.74) is -0.653. The van der Waals surface area contributed by atoms with Crippen LogP contribution in [0.3, 0.4) is 0 Å². The number of thioether (sulfide) groups is 1. The van der Waals surface area contributed by atoms with Crippen molar-refractivity contribution in [2.45, 2.75) is 64.7 Å². The molecular weight excluding hydrogens is 470 g/mol. The van der Waals surface area contributed by atoms with Crippen molar-refractivity contribution >= 4 is 58.3 Å². The Morgan fingerprint density at radius 1 is 1.22 bits per heavy atom. The maximum Gasteiger partial charge on any atom is 0.242 e. The molecule has 11 heteroatoms. The third-order valence-electron chi connectivity index (χ3n) is 5.02. The Labute approximate surface area is 205 Å². The first-order valence-corrected chi connectivity index (χ1v) is 14.2. The lowest BCUT2D eigenvalue weighted by atomic mass is 9.88. The summed E-state index contributed by atoms with van der Waals surface area (Å²) in [6.07, 6.45) is 4.62. The molecule has 4 amide bonds. The maximum atomic E-state index is 12.5. The zero-order chi connectivity index (χ0) is 24.6. The van der Waals surface area contributed by atoms with Gasteiger partial charge in [0.2, 0.25) is 24.1 Å². The number of imide groups is 1. The van der Waals surface area contributed by atoms with Gasteiger partial charge in [0.15, 0.2) is 0 Å². The average molecular weight is 510 g/mol. The van der Waals surface area contributed by atoms with Gasteiger partial charge in [-0.1, -0.05) is 31.6 Å². The van der Waals surface area contributed by atoms with Crippen LogP contribution >= 0.6 is 34.2 Å². The minimum absolute atomic E-state index is 0.00469. The van der Waals surface area contributed by atoms with Crippen LogP contribution in [0.15, 0.2) is 0 Å². The van der Waals surface area contributed by atoms with Gasteiger partial charge in [0.05, 0.1) is 11.4 Å². The van der Waals surface area contributed by atoms with Gasteiger partial charge in [-0.05, 0) is 32.4 Å². The van der Waals surface area contributed by atoms with Crippen LogP contribution in [0.25, 0.3) is 0 Å². The van der Waals surface area contributed by atoms with Crippen molar-refractivity contribution in [3.8, 4) is 0 Å². The molecule has 8 nitrogen and oxygen atoms in total. The number of amides is 4. The van der Waals surface area contributed by atoms with Crippen LogP contribution in [0.1, 0.15) is 53.4 Å². The molecule has 0 fully saturated rings. The van der Waals surface area contributed by atoms with Gasteiger partial charge in [-0.15, -0.1) is 11.7 Å². The van der Waals surface area contributed by atoms with Gasteiger partial charge in [0.1, 0.15) is 0 Å². The van der Waals surface area contributed by atoms with Gasteiger partial charge in [-0.3, -0.25) is 24.1 Å². The van der Waals surface area contributed by atoms with Gasteiger partial charge in [-0.25, -0.2) is 0 Å². The number of hydrogen-bond donors (Lipinski definition) is 3. The SMILES string of the molecule is CCC(SC)C(=O)N(C=O)CCNC(=O)C(C)(C)CCOC(C)CCNC(=O)CCSS. The zero-order valence-electron chi connectivity index (χ0n) is 19.8. The molecule has 0 rings (SSSR count). The molecule has 0 aliphatic heterocycles. The molecule has 0 saturated carbocycles. The Morgan fingerprint density at radius 3 is 2.47 bits per heavy atom. The molecule has 0 aromatic heterocycles. The summed E-state index contributed by atoms with van der Waals surface area (Å²) < 4.78 is 5.78. The number of carbonyl (C=O) groups excluding carboxylic acids is 4. The second-order valence-corrected chi connectivity index (χ2v) is 10.5. The Bertz CT molecular complexity index is 589. The fraction of sp³-hybridized carbons (Fsp3) is 0.810. The molecule has 2 N–H and O–H groups in total. The topological polar surface area (TPSA) is 105 Å². The lowest BCUT2D eigenvalue weighted by Crippen LogP contribution is -2.44. The van der Waals surface area contributed by atoms with Crippen LogP contribution < -0.4 is 10.6 Å². The minimum atomic E-state index is -0.653. The Kier molecular flexibility index (Phi) is 17.1. The van der Waals surface area contributed by atoms with Crippen LogP contribution in [-0.2, 0) is 23.9 Å².